The number of amides is 1. The number of thiophene rings is 1. The lowest BCUT2D eigenvalue weighted by molar-refractivity contribution is -0.119. The van der Waals surface area contributed by atoms with Crippen LogP contribution >= 0.6 is 34.3 Å². The van der Waals surface area contributed by atoms with E-state index in [4.69, 9.17) is 16.3 Å². The molecular weight excluding hydrogens is 392 g/mol. The summed E-state index contributed by atoms with van der Waals surface area (Å²) in [5.41, 5.74) is 2.56. The highest BCUT2D eigenvalue weighted by Crippen LogP contribution is 2.28. The number of hydrogen-bond donors (Lipinski definition) is 1. The second kappa shape index (κ2) is 7.99. The zero-order valence-corrected chi connectivity index (χ0v) is 16.4. The molecule has 0 fully saturated rings. The van der Waals surface area contributed by atoms with Crippen molar-refractivity contribution in [1.82, 2.24) is 4.98 Å². The highest BCUT2D eigenvalue weighted by atomic mass is 35.5. The van der Waals surface area contributed by atoms with Crippen molar-refractivity contribution in [2.45, 2.75) is 13.8 Å². The van der Waals surface area contributed by atoms with Crippen molar-refractivity contribution < 1.29 is 14.3 Å². The summed E-state index contributed by atoms with van der Waals surface area (Å²) >= 11 is 9.06. The summed E-state index contributed by atoms with van der Waals surface area (Å²) in [6.45, 7) is 3.36. The van der Waals surface area contributed by atoms with Crippen molar-refractivity contribution >= 4 is 51.8 Å². The molecule has 3 rings (SSSR count). The predicted octanol–water partition coefficient (Wildman–Crippen LogP) is 4.94. The van der Waals surface area contributed by atoms with Crippen LogP contribution in [0.25, 0.3) is 9.88 Å². The fraction of sp³-hybridized carbons (Fsp3) is 0.167. The average Bonchev–Trinajstić information content (AvgIpc) is 3.26. The molecule has 26 heavy (non-hydrogen) atoms. The first-order chi connectivity index (χ1) is 12.4. The molecular formula is C18H15ClN2O3S2. The molecule has 0 aliphatic carbocycles. The lowest BCUT2D eigenvalue weighted by atomic mass is 10.1. The summed E-state index contributed by atoms with van der Waals surface area (Å²) in [5.74, 6) is -1.09. The third-order valence-electron chi connectivity index (χ3n) is 3.48. The number of ether oxygens (including phenoxy) is 1. The van der Waals surface area contributed by atoms with E-state index in [0.717, 1.165) is 21.0 Å². The van der Waals surface area contributed by atoms with Crippen LogP contribution in [-0.4, -0.2) is 23.5 Å². The highest BCUT2D eigenvalue weighted by Gasteiger charge is 2.16. The van der Waals surface area contributed by atoms with Gasteiger partial charge in [-0.1, -0.05) is 23.7 Å². The Morgan fingerprint density at radius 1 is 1.27 bits per heavy atom. The molecule has 1 N–H and O–H groups in total. The maximum atomic E-state index is 12.1. The lowest BCUT2D eigenvalue weighted by Crippen LogP contribution is -2.21. The summed E-state index contributed by atoms with van der Waals surface area (Å²) < 4.78 is 5.05. The summed E-state index contributed by atoms with van der Waals surface area (Å²) in [5, 5.41) is 7.43. The molecule has 0 saturated carbocycles. The minimum atomic E-state index is -0.633. The van der Waals surface area contributed by atoms with E-state index in [2.05, 4.69) is 10.3 Å². The highest BCUT2D eigenvalue weighted by molar-refractivity contribution is 7.20. The van der Waals surface area contributed by atoms with Crippen LogP contribution in [0.5, 0.6) is 0 Å². The number of aromatic nitrogens is 1. The number of aryl methyl sites for hydroxylation is 2. The molecule has 2 heterocycles. The Hall–Kier alpha value is -2.22. The summed E-state index contributed by atoms with van der Waals surface area (Å²) in [6, 6.07) is 7.52. The van der Waals surface area contributed by atoms with Gasteiger partial charge in [0.1, 0.15) is 5.01 Å². The van der Waals surface area contributed by atoms with E-state index in [1.165, 1.54) is 11.3 Å². The molecule has 3 aromatic rings. The first kappa shape index (κ1) is 18.6. The number of benzene rings is 1. The zero-order valence-electron chi connectivity index (χ0n) is 14.0. The van der Waals surface area contributed by atoms with Crippen LogP contribution in [-0.2, 0) is 9.53 Å². The van der Waals surface area contributed by atoms with Crippen molar-refractivity contribution in [3.05, 3.63) is 56.9 Å². The maximum absolute atomic E-state index is 12.1. The van der Waals surface area contributed by atoms with Crippen molar-refractivity contribution in [3.63, 3.8) is 0 Å². The molecule has 0 spiro atoms. The third kappa shape index (κ3) is 4.30. The number of rotatable bonds is 5. The second-order valence-corrected chi connectivity index (χ2v) is 7.79. The Kier molecular flexibility index (Phi) is 5.70. The van der Waals surface area contributed by atoms with Crippen LogP contribution in [0, 0.1) is 13.8 Å². The number of thiazole rings is 1. The molecule has 1 amide bonds. The number of carbonyl (C=O) groups excluding carboxylic acids is 2. The van der Waals surface area contributed by atoms with E-state index < -0.39 is 18.5 Å². The smallest absolute Gasteiger partial charge is 0.358 e. The molecule has 5 nitrogen and oxygen atoms in total. The van der Waals surface area contributed by atoms with Gasteiger partial charge >= 0.3 is 5.97 Å². The summed E-state index contributed by atoms with van der Waals surface area (Å²) in [6.07, 6.45) is 0. The van der Waals surface area contributed by atoms with Gasteiger partial charge in [-0.3, -0.25) is 4.79 Å². The van der Waals surface area contributed by atoms with Crippen LogP contribution in [0.15, 0.2) is 35.0 Å². The van der Waals surface area contributed by atoms with Crippen LogP contribution in [0.3, 0.4) is 0 Å². The van der Waals surface area contributed by atoms with E-state index in [1.807, 2.05) is 37.4 Å². The van der Waals surface area contributed by atoms with Crippen molar-refractivity contribution in [2.24, 2.45) is 0 Å². The van der Waals surface area contributed by atoms with E-state index in [0.29, 0.717) is 10.7 Å². The van der Waals surface area contributed by atoms with Gasteiger partial charge in [-0.15, -0.1) is 22.7 Å². The van der Waals surface area contributed by atoms with Gasteiger partial charge in [0, 0.05) is 5.38 Å². The SMILES string of the molecule is Cc1cc(C)c(NC(=O)COC(=O)c2csc(-c3cccs3)n2)c(Cl)c1. The first-order valence-electron chi connectivity index (χ1n) is 7.67. The number of anilines is 1. The summed E-state index contributed by atoms with van der Waals surface area (Å²) in [7, 11) is 0. The lowest BCUT2D eigenvalue weighted by Gasteiger charge is -2.11. The molecule has 0 atom stereocenters. The van der Waals surface area contributed by atoms with E-state index >= 15 is 0 Å². The largest absolute Gasteiger partial charge is 0.451 e. The Bertz CT molecular complexity index is 928. The number of nitrogens with zero attached hydrogens (tertiary/aromatic N) is 1. The molecule has 1 aromatic carbocycles. The van der Waals surface area contributed by atoms with Gasteiger partial charge in [-0.2, -0.15) is 0 Å². The Morgan fingerprint density at radius 2 is 2.08 bits per heavy atom. The van der Waals surface area contributed by atoms with Gasteiger partial charge < -0.3 is 10.1 Å². The third-order valence-corrected chi connectivity index (χ3v) is 5.66. The van der Waals surface area contributed by atoms with E-state index in [-0.39, 0.29) is 5.69 Å². The van der Waals surface area contributed by atoms with Gasteiger partial charge in [0.2, 0.25) is 0 Å². The Balaban J connectivity index is 1.59. The van der Waals surface area contributed by atoms with Gasteiger partial charge in [0.15, 0.2) is 12.3 Å². The van der Waals surface area contributed by atoms with Crippen LogP contribution < -0.4 is 5.32 Å². The van der Waals surface area contributed by atoms with Gasteiger partial charge in [0.25, 0.3) is 5.91 Å². The maximum Gasteiger partial charge on any atom is 0.358 e. The minimum absolute atomic E-state index is 0.191. The fourth-order valence-electron chi connectivity index (χ4n) is 2.34. The number of nitrogens with one attached hydrogen (secondary N) is 1. The average molecular weight is 407 g/mol. The number of carbonyl (C=O) groups is 2. The molecule has 0 unspecified atom stereocenters. The molecule has 8 heteroatoms. The normalized spacial score (nSPS) is 10.6. The van der Waals surface area contributed by atoms with Gasteiger partial charge in [0.05, 0.1) is 15.6 Å². The number of esters is 1. The second-order valence-electron chi connectivity index (χ2n) is 5.58. The Labute approximate surface area is 163 Å². The van der Waals surface area contributed by atoms with Crippen molar-refractivity contribution in [1.29, 1.82) is 0 Å². The molecule has 0 aliphatic rings. The van der Waals surface area contributed by atoms with Gasteiger partial charge in [-0.25, -0.2) is 9.78 Å². The molecule has 0 aliphatic heterocycles. The van der Waals surface area contributed by atoms with E-state index in [1.54, 1.807) is 22.8 Å². The van der Waals surface area contributed by atoms with E-state index in [9.17, 15) is 9.59 Å². The standard InChI is InChI=1S/C18H15ClN2O3S2/c1-10-6-11(2)16(12(19)7-10)21-15(22)8-24-18(23)13-9-26-17(20-13)14-4-3-5-25-14/h3-7,9H,8H2,1-2H3,(H,21,22). The zero-order chi connectivity index (χ0) is 18.7. The molecule has 134 valence electrons. The molecule has 0 saturated heterocycles. The number of halogens is 1. The summed E-state index contributed by atoms with van der Waals surface area (Å²) in [4.78, 5) is 29.4. The fourth-order valence-corrected chi connectivity index (χ4v) is 4.31. The quantitative estimate of drug-likeness (QED) is 0.609. The van der Waals surface area contributed by atoms with Crippen LogP contribution in [0.2, 0.25) is 5.02 Å². The topological polar surface area (TPSA) is 68.3 Å². The molecule has 2 aromatic heterocycles. The predicted molar refractivity (Wildman–Crippen MR) is 105 cm³/mol. The minimum Gasteiger partial charge on any atom is -0.451 e. The van der Waals surface area contributed by atoms with Crippen molar-refractivity contribution in [2.75, 3.05) is 11.9 Å². The Morgan fingerprint density at radius 3 is 2.77 bits per heavy atom. The monoisotopic (exact) mass is 406 g/mol. The van der Waals surface area contributed by atoms with Crippen LogP contribution in [0.1, 0.15) is 21.6 Å². The van der Waals surface area contributed by atoms with Crippen LogP contribution in [0.4, 0.5) is 5.69 Å². The molecule has 0 radical (unpaired) electrons. The molecule has 0 bridgehead atoms. The van der Waals surface area contributed by atoms with Crippen molar-refractivity contribution in [3.8, 4) is 9.88 Å². The number of hydrogen-bond acceptors (Lipinski definition) is 6. The van der Waals surface area contributed by atoms with Gasteiger partial charge in [-0.05, 0) is 42.5 Å². The first-order valence-corrected chi connectivity index (χ1v) is 9.81.